The molecule has 0 aliphatic heterocycles. The first kappa shape index (κ1) is 12.7. The minimum absolute atomic E-state index is 0.0376. The number of urea groups is 1. The molecule has 0 aliphatic rings. The lowest BCUT2D eigenvalue weighted by Crippen LogP contribution is -2.43. The van der Waals surface area contributed by atoms with Gasteiger partial charge in [0, 0.05) is 19.0 Å². The number of rotatable bonds is 6. The third-order valence-electron chi connectivity index (χ3n) is 1.83. The molecule has 1 atom stereocenters. The number of nitrogens with one attached hydrogen (secondary N) is 3. The smallest absolute Gasteiger partial charge is 0.315 e. The highest BCUT2D eigenvalue weighted by Crippen LogP contribution is 1.96. The Morgan fingerprint density at radius 1 is 1.50 bits per heavy atom. The van der Waals surface area contributed by atoms with Crippen molar-refractivity contribution in [1.82, 2.24) is 10.6 Å². The number of amides is 2. The summed E-state index contributed by atoms with van der Waals surface area (Å²) in [5, 5.41) is 12.6. The van der Waals surface area contributed by atoms with Gasteiger partial charge in [0.05, 0.1) is 5.84 Å². The van der Waals surface area contributed by atoms with E-state index in [1.54, 1.807) is 0 Å². The Bertz CT molecular complexity index is 193. The molecule has 5 nitrogen and oxygen atoms in total. The molecule has 0 heterocycles. The summed E-state index contributed by atoms with van der Waals surface area (Å²) >= 11 is 0. The highest BCUT2D eigenvalue weighted by atomic mass is 16.2. The molecule has 5 N–H and O–H groups in total. The van der Waals surface area contributed by atoms with Crippen molar-refractivity contribution in [3.63, 3.8) is 0 Å². The van der Waals surface area contributed by atoms with Gasteiger partial charge >= 0.3 is 6.03 Å². The summed E-state index contributed by atoms with van der Waals surface area (Å²) in [5.41, 5.74) is 5.26. The molecule has 0 aromatic carbocycles. The van der Waals surface area contributed by atoms with E-state index in [0.717, 1.165) is 12.8 Å². The van der Waals surface area contributed by atoms with Crippen LogP contribution in [0, 0.1) is 5.41 Å². The van der Waals surface area contributed by atoms with Crippen LogP contribution in [0.15, 0.2) is 0 Å². The zero-order valence-electron chi connectivity index (χ0n) is 8.89. The second-order valence-corrected chi connectivity index (χ2v) is 3.23. The molecule has 0 aliphatic carbocycles. The zero-order chi connectivity index (χ0) is 11.0. The molecule has 0 rings (SSSR count). The Balaban J connectivity index is 3.80. The summed E-state index contributed by atoms with van der Waals surface area (Å²) < 4.78 is 0. The van der Waals surface area contributed by atoms with Crippen LogP contribution >= 0.6 is 0 Å². The highest BCUT2D eigenvalue weighted by molar-refractivity contribution is 5.79. The topological polar surface area (TPSA) is 91.0 Å². The van der Waals surface area contributed by atoms with Crippen molar-refractivity contribution < 1.29 is 4.79 Å². The third kappa shape index (κ3) is 6.28. The first-order chi connectivity index (χ1) is 6.60. The summed E-state index contributed by atoms with van der Waals surface area (Å²) in [6.45, 7) is 4.61. The Morgan fingerprint density at radius 2 is 2.14 bits per heavy atom. The number of carbonyl (C=O) groups is 1. The normalized spacial score (nSPS) is 11.9. The molecule has 0 spiro atoms. The van der Waals surface area contributed by atoms with Gasteiger partial charge in [0.25, 0.3) is 0 Å². The van der Waals surface area contributed by atoms with Gasteiger partial charge in [0.1, 0.15) is 0 Å². The Kier molecular flexibility index (Phi) is 6.53. The van der Waals surface area contributed by atoms with Crippen molar-refractivity contribution in [2.75, 3.05) is 6.54 Å². The number of nitrogens with two attached hydrogens (primary N) is 1. The van der Waals surface area contributed by atoms with Crippen molar-refractivity contribution in [3.05, 3.63) is 0 Å². The quantitative estimate of drug-likeness (QED) is 0.377. The summed E-state index contributed by atoms with van der Waals surface area (Å²) in [6.07, 6.45) is 2.10. The number of hydrogen-bond acceptors (Lipinski definition) is 2. The first-order valence-electron chi connectivity index (χ1n) is 4.97. The Hall–Kier alpha value is -1.26. The van der Waals surface area contributed by atoms with Crippen LogP contribution in [0.2, 0.25) is 0 Å². The fraction of sp³-hybridized carbons (Fsp3) is 0.778. The summed E-state index contributed by atoms with van der Waals surface area (Å²) in [7, 11) is 0. The average Bonchev–Trinajstić information content (AvgIpc) is 2.12. The molecule has 1 unspecified atom stereocenters. The van der Waals surface area contributed by atoms with Gasteiger partial charge < -0.3 is 16.4 Å². The van der Waals surface area contributed by atoms with E-state index in [1.165, 1.54) is 0 Å². The second-order valence-electron chi connectivity index (χ2n) is 3.23. The number of hydrogen-bond donors (Lipinski definition) is 4. The molecule has 0 bridgehead atoms. The van der Waals surface area contributed by atoms with E-state index in [-0.39, 0.29) is 17.9 Å². The van der Waals surface area contributed by atoms with Gasteiger partial charge in [0.15, 0.2) is 0 Å². The predicted octanol–water partition coefficient (Wildman–Crippen LogP) is 0.800. The van der Waals surface area contributed by atoms with Crippen LogP contribution in [0.1, 0.15) is 33.1 Å². The molecule has 0 fully saturated rings. The van der Waals surface area contributed by atoms with E-state index >= 15 is 0 Å². The Labute approximate surface area is 84.9 Å². The van der Waals surface area contributed by atoms with Gasteiger partial charge in [-0.05, 0) is 12.8 Å². The SMILES string of the molecule is CCCNC(=O)NC(CC)CC(=N)N. The lowest BCUT2D eigenvalue weighted by Gasteiger charge is -2.16. The zero-order valence-corrected chi connectivity index (χ0v) is 8.89. The Morgan fingerprint density at radius 3 is 2.57 bits per heavy atom. The standard InChI is InChI=1S/C9H20N4O/c1-3-5-12-9(14)13-7(4-2)6-8(10)11/h7H,3-6H2,1-2H3,(H3,10,11)(H2,12,13,14). The van der Waals surface area contributed by atoms with Crippen LogP contribution in [0.25, 0.3) is 0 Å². The van der Waals surface area contributed by atoms with E-state index < -0.39 is 0 Å². The summed E-state index contributed by atoms with van der Waals surface area (Å²) in [5.74, 6) is 0.104. The molecular formula is C9H20N4O. The van der Waals surface area contributed by atoms with Crippen molar-refractivity contribution in [1.29, 1.82) is 5.41 Å². The van der Waals surface area contributed by atoms with Gasteiger partial charge in [0.2, 0.25) is 0 Å². The van der Waals surface area contributed by atoms with E-state index in [1.807, 2.05) is 13.8 Å². The molecule has 14 heavy (non-hydrogen) atoms. The van der Waals surface area contributed by atoms with Crippen LogP contribution in [-0.2, 0) is 0 Å². The van der Waals surface area contributed by atoms with Gasteiger partial charge in [-0.1, -0.05) is 13.8 Å². The lowest BCUT2D eigenvalue weighted by atomic mass is 10.1. The van der Waals surface area contributed by atoms with Crippen LogP contribution in [0.3, 0.4) is 0 Å². The maximum Gasteiger partial charge on any atom is 0.315 e. The van der Waals surface area contributed by atoms with Gasteiger partial charge in [-0.2, -0.15) is 0 Å². The number of amidine groups is 1. The van der Waals surface area contributed by atoms with Crippen LogP contribution in [0.5, 0.6) is 0 Å². The molecule has 2 amide bonds. The predicted molar refractivity (Wildman–Crippen MR) is 57.4 cm³/mol. The minimum Gasteiger partial charge on any atom is -0.388 e. The molecular weight excluding hydrogens is 180 g/mol. The fourth-order valence-corrected chi connectivity index (χ4v) is 1.04. The molecule has 82 valence electrons. The maximum absolute atomic E-state index is 11.2. The summed E-state index contributed by atoms with van der Waals surface area (Å²) in [6, 6.07) is -0.218. The fourth-order valence-electron chi connectivity index (χ4n) is 1.04. The second kappa shape index (κ2) is 7.17. The molecule has 0 aromatic heterocycles. The molecule has 0 saturated heterocycles. The van der Waals surface area contributed by atoms with Gasteiger partial charge in [-0.25, -0.2) is 4.79 Å². The lowest BCUT2D eigenvalue weighted by molar-refractivity contribution is 0.237. The molecule has 0 saturated carbocycles. The van der Waals surface area contributed by atoms with Crippen molar-refractivity contribution in [2.24, 2.45) is 5.73 Å². The largest absolute Gasteiger partial charge is 0.388 e. The van der Waals surface area contributed by atoms with Gasteiger partial charge in [-0.3, -0.25) is 5.41 Å². The first-order valence-corrected chi connectivity index (χ1v) is 4.97. The van der Waals surface area contributed by atoms with Crippen molar-refractivity contribution in [3.8, 4) is 0 Å². The molecule has 5 heteroatoms. The van der Waals surface area contributed by atoms with Gasteiger partial charge in [-0.15, -0.1) is 0 Å². The highest BCUT2D eigenvalue weighted by Gasteiger charge is 2.10. The van der Waals surface area contributed by atoms with E-state index in [4.69, 9.17) is 11.1 Å². The van der Waals surface area contributed by atoms with Crippen LogP contribution in [0.4, 0.5) is 4.79 Å². The molecule has 0 aromatic rings. The monoisotopic (exact) mass is 200 g/mol. The minimum atomic E-state index is -0.181. The maximum atomic E-state index is 11.2. The summed E-state index contributed by atoms with van der Waals surface area (Å²) in [4.78, 5) is 11.2. The van der Waals surface area contributed by atoms with Crippen molar-refractivity contribution >= 4 is 11.9 Å². The average molecular weight is 200 g/mol. The van der Waals surface area contributed by atoms with E-state index in [9.17, 15) is 4.79 Å². The van der Waals surface area contributed by atoms with E-state index in [2.05, 4.69) is 10.6 Å². The third-order valence-corrected chi connectivity index (χ3v) is 1.83. The van der Waals surface area contributed by atoms with Crippen LogP contribution in [-0.4, -0.2) is 24.5 Å². The van der Waals surface area contributed by atoms with Crippen LogP contribution < -0.4 is 16.4 Å². The molecule has 0 radical (unpaired) electrons. The van der Waals surface area contributed by atoms with Crippen molar-refractivity contribution in [2.45, 2.75) is 39.2 Å². The number of carbonyl (C=O) groups excluding carboxylic acids is 1. The van der Waals surface area contributed by atoms with E-state index in [0.29, 0.717) is 13.0 Å².